The molecule has 3 rings (SSSR count). The van der Waals surface area contributed by atoms with Crippen molar-refractivity contribution in [2.45, 2.75) is 25.2 Å². The van der Waals surface area contributed by atoms with Crippen molar-refractivity contribution >= 4 is 5.78 Å². The fraction of sp³-hybridized carbons (Fsp3) is 0.500. The molecule has 2 aliphatic rings. The molecule has 2 saturated heterocycles. The molecule has 3 unspecified atom stereocenters. The van der Waals surface area contributed by atoms with Gasteiger partial charge in [0.25, 0.3) is 0 Å². The fourth-order valence-corrected chi connectivity index (χ4v) is 2.63. The molecule has 0 saturated carbocycles. The number of carbonyl (C=O) groups excluding carboxylic acids is 1. The smallest absolute Gasteiger partial charge is 0.179 e. The summed E-state index contributed by atoms with van der Waals surface area (Å²) in [6.07, 6.45) is 0.270. The van der Waals surface area contributed by atoms with E-state index in [9.17, 15) is 4.79 Å². The van der Waals surface area contributed by atoms with Crippen molar-refractivity contribution in [1.82, 2.24) is 4.90 Å². The maximum atomic E-state index is 12.3. The van der Waals surface area contributed by atoms with E-state index in [1.165, 1.54) is 0 Å². The van der Waals surface area contributed by atoms with Crippen LogP contribution < -0.4 is 0 Å². The molecule has 2 aliphatic heterocycles. The van der Waals surface area contributed by atoms with Crippen LogP contribution in [-0.4, -0.2) is 48.8 Å². The number of carbonyl (C=O) groups is 1. The summed E-state index contributed by atoms with van der Waals surface area (Å²) in [7, 11) is 0. The normalized spacial score (nSPS) is 29.2. The van der Waals surface area contributed by atoms with Crippen LogP contribution in [0, 0.1) is 0 Å². The van der Waals surface area contributed by atoms with Gasteiger partial charge in [-0.15, -0.1) is 0 Å². The third kappa shape index (κ3) is 2.07. The molecule has 1 aromatic rings. The highest BCUT2D eigenvalue weighted by atomic mass is 16.7. The Morgan fingerprint density at radius 3 is 2.44 bits per heavy atom. The van der Waals surface area contributed by atoms with E-state index >= 15 is 0 Å². The molecule has 1 aromatic carbocycles. The Kier molecular flexibility index (Phi) is 3.16. The SMILES string of the molecule is CC(C(=O)c1ccccc1)N1CC2OCOC2C1. The van der Waals surface area contributed by atoms with Crippen molar-refractivity contribution in [3.63, 3.8) is 0 Å². The first-order valence-electron chi connectivity index (χ1n) is 6.32. The molecule has 0 N–H and O–H groups in total. The average Bonchev–Trinajstić information content (AvgIpc) is 2.99. The summed E-state index contributed by atoms with van der Waals surface area (Å²) in [4.78, 5) is 14.5. The van der Waals surface area contributed by atoms with Crippen molar-refractivity contribution < 1.29 is 14.3 Å². The standard InChI is InChI=1S/C14H17NO3/c1-10(14(16)11-5-3-2-4-6-11)15-7-12-13(8-15)18-9-17-12/h2-6,10,12-13H,7-9H2,1H3. The van der Waals surface area contributed by atoms with Crippen molar-refractivity contribution in [3.8, 4) is 0 Å². The topological polar surface area (TPSA) is 38.8 Å². The first kappa shape index (κ1) is 11.8. The number of rotatable bonds is 3. The minimum absolute atomic E-state index is 0.120. The zero-order valence-electron chi connectivity index (χ0n) is 10.4. The van der Waals surface area contributed by atoms with Crippen molar-refractivity contribution in [2.24, 2.45) is 0 Å². The molecule has 4 heteroatoms. The van der Waals surface area contributed by atoms with Gasteiger partial charge in [0.1, 0.15) is 19.0 Å². The Balaban J connectivity index is 1.68. The third-order valence-corrected chi connectivity index (χ3v) is 3.79. The maximum Gasteiger partial charge on any atom is 0.179 e. The van der Waals surface area contributed by atoms with Crippen LogP contribution in [0.3, 0.4) is 0 Å². The van der Waals surface area contributed by atoms with E-state index in [1.54, 1.807) is 0 Å². The van der Waals surface area contributed by atoms with Gasteiger partial charge in [-0.05, 0) is 6.92 Å². The number of benzene rings is 1. The van der Waals surface area contributed by atoms with Crippen molar-refractivity contribution in [1.29, 1.82) is 0 Å². The second kappa shape index (κ2) is 4.80. The minimum atomic E-state index is -0.120. The van der Waals surface area contributed by atoms with E-state index in [2.05, 4.69) is 4.90 Å². The molecule has 18 heavy (non-hydrogen) atoms. The van der Waals surface area contributed by atoms with Gasteiger partial charge in [-0.1, -0.05) is 30.3 Å². The second-order valence-electron chi connectivity index (χ2n) is 4.89. The molecular weight excluding hydrogens is 230 g/mol. The lowest BCUT2D eigenvalue weighted by Crippen LogP contribution is -2.38. The summed E-state index contributed by atoms with van der Waals surface area (Å²) in [5.74, 6) is 0.163. The number of fused-ring (bicyclic) bond motifs is 1. The van der Waals surface area contributed by atoms with Crippen LogP contribution in [0.15, 0.2) is 30.3 Å². The van der Waals surface area contributed by atoms with Gasteiger partial charge in [-0.2, -0.15) is 0 Å². The lowest BCUT2D eigenvalue weighted by molar-refractivity contribution is 0.0109. The molecule has 3 atom stereocenters. The van der Waals surface area contributed by atoms with Gasteiger partial charge >= 0.3 is 0 Å². The van der Waals surface area contributed by atoms with Gasteiger partial charge in [-0.3, -0.25) is 9.69 Å². The average molecular weight is 247 g/mol. The largest absolute Gasteiger partial charge is 0.348 e. The lowest BCUT2D eigenvalue weighted by atomic mass is 10.0. The van der Waals surface area contributed by atoms with Crippen LogP contribution in [0.2, 0.25) is 0 Å². The first-order valence-corrected chi connectivity index (χ1v) is 6.32. The molecule has 2 heterocycles. The number of hydrogen-bond donors (Lipinski definition) is 0. The van der Waals surface area contributed by atoms with Crippen LogP contribution in [-0.2, 0) is 9.47 Å². The van der Waals surface area contributed by atoms with Crippen molar-refractivity contribution in [2.75, 3.05) is 19.9 Å². The monoisotopic (exact) mass is 247 g/mol. The van der Waals surface area contributed by atoms with Gasteiger partial charge in [-0.25, -0.2) is 0 Å². The van der Waals surface area contributed by atoms with E-state index < -0.39 is 0 Å². The maximum absolute atomic E-state index is 12.3. The molecule has 96 valence electrons. The Bertz CT molecular complexity index is 422. The van der Waals surface area contributed by atoms with E-state index in [4.69, 9.17) is 9.47 Å². The molecule has 2 fully saturated rings. The summed E-state index contributed by atoms with van der Waals surface area (Å²) < 4.78 is 10.9. The van der Waals surface area contributed by atoms with Gasteiger partial charge < -0.3 is 9.47 Å². The number of ether oxygens (including phenoxy) is 2. The fourth-order valence-electron chi connectivity index (χ4n) is 2.63. The minimum Gasteiger partial charge on any atom is -0.348 e. The van der Waals surface area contributed by atoms with E-state index in [0.29, 0.717) is 6.79 Å². The molecule has 0 bridgehead atoms. The van der Waals surface area contributed by atoms with Gasteiger partial charge in [0.15, 0.2) is 5.78 Å². The molecule has 0 spiro atoms. The number of likely N-dealkylation sites (tertiary alicyclic amines) is 1. The number of ketones is 1. The van der Waals surface area contributed by atoms with E-state index in [0.717, 1.165) is 18.7 Å². The Labute approximate surface area is 106 Å². The summed E-state index contributed by atoms with van der Waals surface area (Å²) in [5.41, 5.74) is 0.767. The summed E-state index contributed by atoms with van der Waals surface area (Å²) in [6.45, 7) is 3.91. The van der Waals surface area contributed by atoms with Crippen LogP contribution in [0.1, 0.15) is 17.3 Å². The lowest BCUT2D eigenvalue weighted by Gasteiger charge is -2.23. The summed E-state index contributed by atoms with van der Waals surface area (Å²) in [6, 6.07) is 9.31. The molecule has 0 aliphatic carbocycles. The molecule has 0 radical (unpaired) electrons. The van der Waals surface area contributed by atoms with Crippen molar-refractivity contribution in [3.05, 3.63) is 35.9 Å². The Morgan fingerprint density at radius 1 is 1.22 bits per heavy atom. The number of hydrogen-bond acceptors (Lipinski definition) is 4. The molecule has 0 amide bonds. The van der Waals surface area contributed by atoms with Crippen LogP contribution in [0.4, 0.5) is 0 Å². The van der Waals surface area contributed by atoms with E-state index in [-0.39, 0.29) is 24.0 Å². The molecule has 4 nitrogen and oxygen atoms in total. The molecular formula is C14H17NO3. The summed E-state index contributed by atoms with van der Waals surface area (Å²) >= 11 is 0. The van der Waals surface area contributed by atoms with Gasteiger partial charge in [0.05, 0.1) is 6.04 Å². The zero-order chi connectivity index (χ0) is 12.5. The van der Waals surface area contributed by atoms with Crippen LogP contribution in [0.5, 0.6) is 0 Å². The third-order valence-electron chi connectivity index (χ3n) is 3.79. The van der Waals surface area contributed by atoms with Gasteiger partial charge in [0.2, 0.25) is 0 Å². The van der Waals surface area contributed by atoms with Crippen LogP contribution in [0.25, 0.3) is 0 Å². The number of nitrogens with zero attached hydrogens (tertiary/aromatic N) is 1. The Hall–Kier alpha value is -1.23. The quantitative estimate of drug-likeness (QED) is 0.755. The number of Topliss-reactive ketones (excluding diaryl/α,β-unsaturated/α-hetero) is 1. The second-order valence-corrected chi connectivity index (χ2v) is 4.89. The van der Waals surface area contributed by atoms with Crippen LogP contribution >= 0.6 is 0 Å². The predicted molar refractivity (Wildman–Crippen MR) is 66.4 cm³/mol. The summed E-state index contributed by atoms with van der Waals surface area (Å²) in [5, 5.41) is 0. The predicted octanol–water partition coefficient (Wildman–Crippen LogP) is 1.31. The van der Waals surface area contributed by atoms with Gasteiger partial charge in [0, 0.05) is 18.7 Å². The van der Waals surface area contributed by atoms with E-state index in [1.807, 2.05) is 37.3 Å². The zero-order valence-corrected chi connectivity index (χ0v) is 10.4. The first-order chi connectivity index (χ1) is 8.75. The highest BCUT2D eigenvalue weighted by Crippen LogP contribution is 2.24. The Morgan fingerprint density at radius 2 is 1.83 bits per heavy atom. The highest BCUT2D eigenvalue weighted by molar-refractivity contribution is 5.99. The molecule has 0 aromatic heterocycles. The highest BCUT2D eigenvalue weighted by Gasteiger charge is 2.41.